The topological polar surface area (TPSA) is 75.6 Å². The molecule has 2 N–H and O–H groups in total. The van der Waals surface area contributed by atoms with Gasteiger partial charge in [-0.05, 0) is 18.2 Å². The normalized spacial score (nSPS) is 9.47. The van der Waals surface area contributed by atoms with E-state index in [0.717, 1.165) is 0 Å². The monoisotopic (exact) mass is 209 g/mol. The second kappa shape index (κ2) is 4.45. The molecule has 0 aromatic heterocycles. The van der Waals surface area contributed by atoms with E-state index in [-0.39, 0.29) is 22.9 Å². The van der Waals surface area contributed by atoms with Crippen molar-refractivity contribution in [2.45, 2.75) is 6.92 Å². The summed E-state index contributed by atoms with van der Waals surface area (Å²) >= 11 is 0. The Morgan fingerprint density at radius 2 is 2.07 bits per heavy atom. The van der Waals surface area contributed by atoms with Crippen LogP contribution in [-0.4, -0.2) is 24.1 Å². The largest absolute Gasteiger partial charge is 0.506 e. The highest BCUT2D eigenvalue weighted by molar-refractivity contribution is 5.95. The zero-order valence-electron chi connectivity index (χ0n) is 8.40. The zero-order valence-corrected chi connectivity index (χ0v) is 8.40. The van der Waals surface area contributed by atoms with Gasteiger partial charge in [-0.25, -0.2) is 4.79 Å². The van der Waals surface area contributed by atoms with E-state index in [1.165, 1.54) is 32.2 Å². The number of hydrogen-bond donors (Lipinski definition) is 2. The Morgan fingerprint density at radius 3 is 2.60 bits per heavy atom. The summed E-state index contributed by atoms with van der Waals surface area (Å²) in [5, 5.41) is 11.8. The number of ether oxygens (including phenoxy) is 1. The summed E-state index contributed by atoms with van der Waals surface area (Å²) in [6.45, 7) is 1.31. The third kappa shape index (κ3) is 2.70. The maximum absolute atomic E-state index is 11.1. The van der Waals surface area contributed by atoms with Crippen LogP contribution in [0.25, 0.3) is 0 Å². The Kier molecular flexibility index (Phi) is 3.28. The van der Waals surface area contributed by atoms with Crippen LogP contribution in [0.15, 0.2) is 18.2 Å². The molecule has 1 amide bonds. The molecule has 1 aromatic rings. The molecule has 0 saturated carbocycles. The standard InChI is InChI=1S/C10H11NO4/c1-6(12)11-8-5-7(10(14)15-2)3-4-9(8)13/h3-5,13H,1-2H3,(H,11,12). The van der Waals surface area contributed by atoms with Gasteiger partial charge in [-0.15, -0.1) is 0 Å². The SMILES string of the molecule is COC(=O)c1ccc(O)c(NC(C)=O)c1. The summed E-state index contributed by atoms with van der Waals surface area (Å²) in [6, 6.07) is 4.08. The van der Waals surface area contributed by atoms with E-state index in [1.807, 2.05) is 0 Å². The van der Waals surface area contributed by atoms with Gasteiger partial charge in [-0.1, -0.05) is 0 Å². The maximum Gasteiger partial charge on any atom is 0.337 e. The van der Waals surface area contributed by atoms with E-state index in [9.17, 15) is 14.7 Å². The molecule has 1 rings (SSSR count). The molecule has 5 nitrogen and oxygen atoms in total. The minimum atomic E-state index is -0.526. The highest BCUT2D eigenvalue weighted by atomic mass is 16.5. The number of esters is 1. The van der Waals surface area contributed by atoms with Crippen molar-refractivity contribution in [3.8, 4) is 5.75 Å². The molecule has 15 heavy (non-hydrogen) atoms. The molecule has 0 spiro atoms. The van der Waals surface area contributed by atoms with Crippen molar-refractivity contribution >= 4 is 17.6 Å². The number of rotatable bonds is 2. The van der Waals surface area contributed by atoms with Crippen molar-refractivity contribution in [3.63, 3.8) is 0 Å². The molecule has 0 bridgehead atoms. The molecule has 0 aliphatic rings. The van der Waals surface area contributed by atoms with Gasteiger partial charge < -0.3 is 15.2 Å². The van der Waals surface area contributed by atoms with Gasteiger partial charge in [0.2, 0.25) is 5.91 Å². The fraction of sp³-hybridized carbons (Fsp3) is 0.200. The molecule has 0 atom stereocenters. The Morgan fingerprint density at radius 1 is 1.40 bits per heavy atom. The molecule has 0 aliphatic heterocycles. The maximum atomic E-state index is 11.1. The molecule has 5 heteroatoms. The molecule has 0 saturated heterocycles. The molecular weight excluding hydrogens is 198 g/mol. The Balaban J connectivity index is 3.05. The summed E-state index contributed by atoms with van der Waals surface area (Å²) in [7, 11) is 1.26. The van der Waals surface area contributed by atoms with Crippen LogP contribution in [0.4, 0.5) is 5.69 Å². The molecule has 0 fully saturated rings. The predicted octanol–water partition coefficient (Wildman–Crippen LogP) is 1.14. The van der Waals surface area contributed by atoms with Crippen molar-refractivity contribution in [1.29, 1.82) is 0 Å². The quantitative estimate of drug-likeness (QED) is 0.565. The van der Waals surface area contributed by atoms with Gasteiger partial charge in [-0.3, -0.25) is 4.79 Å². The van der Waals surface area contributed by atoms with Crippen LogP contribution in [0.3, 0.4) is 0 Å². The fourth-order valence-electron chi connectivity index (χ4n) is 1.07. The van der Waals surface area contributed by atoms with E-state index in [2.05, 4.69) is 10.1 Å². The zero-order chi connectivity index (χ0) is 11.4. The lowest BCUT2D eigenvalue weighted by Gasteiger charge is -2.06. The van der Waals surface area contributed by atoms with E-state index in [0.29, 0.717) is 0 Å². The van der Waals surface area contributed by atoms with Crippen molar-refractivity contribution < 1.29 is 19.4 Å². The molecule has 1 aromatic carbocycles. The van der Waals surface area contributed by atoms with E-state index < -0.39 is 5.97 Å². The summed E-state index contributed by atoms with van der Waals surface area (Å²) in [6.07, 6.45) is 0. The van der Waals surface area contributed by atoms with Gasteiger partial charge in [0, 0.05) is 6.92 Å². The average molecular weight is 209 g/mol. The number of carbonyl (C=O) groups excluding carboxylic acids is 2. The first-order valence-electron chi connectivity index (χ1n) is 4.23. The van der Waals surface area contributed by atoms with E-state index in [4.69, 9.17) is 0 Å². The van der Waals surface area contributed by atoms with Gasteiger partial charge in [0.1, 0.15) is 5.75 Å². The molecular formula is C10H11NO4. The van der Waals surface area contributed by atoms with Gasteiger partial charge in [-0.2, -0.15) is 0 Å². The first-order chi connectivity index (χ1) is 7.04. The van der Waals surface area contributed by atoms with Gasteiger partial charge in [0.05, 0.1) is 18.4 Å². The molecule has 0 heterocycles. The predicted molar refractivity (Wildman–Crippen MR) is 53.8 cm³/mol. The number of aromatic hydroxyl groups is 1. The summed E-state index contributed by atoms with van der Waals surface area (Å²) in [4.78, 5) is 21.9. The fourth-order valence-corrected chi connectivity index (χ4v) is 1.07. The second-order valence-corrected chi connectivity index (χ2v) is 2.90. The van der Waals surface area contributed by atoms with Gasteiger partial charge in [0.15, 0.2) is 0 Å². The number of benzene rings is 1. The van der Waals surface area contributed by atoms with Crippen LogP contribution in [0.5, 0.6) is 5.75 Å². The lowest BCUT2D eigenvalue weighted by atomic mass is 10.2. The number of amides is 1. The van der Waals surface area contributed by atoms with Gasteiger partial charge in [0.25, 0.3) is 0 Å². The van der Waals surface area contributed by atoms with Crippen LogP contribution in [-0.2, 0) is 9.53 Å². The first-order valence-corrected chi connectivity index (χ1v) is 4.23. The van der Waals surface area contributed by atoms with Crippen molar-refractivity contribution in [3.05, 3.63) is 23.8 Å². The summed E-state index contributed by atoms with van der Waals surface area (Å²) < 4.78 is 4.50. The first kappa shape index (κ1) is 11.0. The molecule has 80 valence electrons. The van der Waals surface area contributed by atoms with Gasteiger partial charge >= 0.3 is 5.97 Å². The average Bonchev–Trinajstić information content (AvgIpc) is 2.19. The second-order valence-electron chi connectivity index (χ2n) is 2.90. The van der Waals surface area contributed by atoms with Crippen LogP contribution in [0, 0.1) is 0 Å². The third-order valence-electron chi connectivity index (χ3n) is 1.73. The third-order valence-corrected chi connectivity index (χ3v) is 1.73. The van der Waals surface area contributed by atoms with E-state index >= 15 is 0 Å². The molecule has 0 aliphatic carbocycles. The minimum absolute atomic E-state index is 0.0992. The van der Waals surface area contributed by atoms with Crippen LogP contribution < -0.4 is 5.32 Å². The van der Waals surface area contributed by atoms with Crippen molar-refractivity contribution in [2.75, 3.05) is 12.4 Å². The lowest BCUT2D eigenvalue weighted by Crippen LogP contribution is -2.08. The Labute approximate surface area is 86.7 Å². The number of nitrogens with one attached hydrogen (secondary N) is 1. The highest BCUT2D eigenvalue weighted by Crippen LogP contribution is 2.24. The number of carbonyl (C=O) groups is 2. The minimum Gasteiger partial charge on any atom is -0.506 e. The molecule has 0 unspecified atom stereocenters. The smallest absolute Gasteiger partial charge is 0.337 e. The van der Waals surface area contributed by atoms with E-state index in [1.54, 1.807) is 0 Å². The lowest BCUT2D eigenvalue weighted by molar-refractivity contribution is -0.114. The van der Waals surface area contributed by atoms with Crippen LogP contribution in [0.1, 0.15) is 17.3 Å². The Hall–Kier alpha value is -2.04. The number of methoxy groups -OCH3 is 1. The number of anilines is 1. The number of hydrogen-bond acceptors (Lipinski definition) is 4. The number of phenolic OH excluding ortho intramolecular Hbond substituents is 1. The Bertz CT molecular complexity index is 400. The van der Waals surface area contributed by atoms with Crippen molar-refractivity contribution in [1.82, 2.24) is 0 Å². The summed E-state index contributed by atoms with van der Waals surface area (Å²) in [5.41, 5.74) is 0.449. The van der Waals surface area contributed by atoms with Crippen molar-refractivity contribution in [2.24, 2.45) is 0 Å². The highest BCUT2D eigenvalue weighted by Gasteiger charge is 2.09. The molecule has 0 radical (unpaired) electrons. The number of phenols is 1. The van der Waals surface area contributed by atoms with Crippen LogP contribution >= 0.6 is 0 Å². The summed E-state index contributed by atoms with van der Waals surface area (Å²) in [5.74, 6) is -0.952. The van der Waals surface area contributed by atoms with Crippen LogP contribution in [0.2, 0.25) is 0 Å².